The fraction of sp³-hybridized carbons (Fsp3) is 0.625. The lowest BCUT2D eigenvalue weighted by molar-refractivity contribution is -0.138. The minimum atomic E-state index is -0.635. The molecule has 2 N–H and O–H groups in total. The molecule has 2 saturated heterocycles. The topological polar surface area (TPSA) is 46.9 Å². The van der Waals surface area contributed by atoms with Crippen LogP contribution in [0.2, 0.25) is 0 Å². The molecule has 2 fully saturated rings. The van der Waals surface area contributed by atoms with Crippen LogP contribution in [0.1, 0.15) is 30.9 Å². The van der Waals surface area contributed by atoms with Crippen molar-refractivity contribution in [3.63, 3.8) is 0 Å². The minimum Gasteiger partial charge on any atom is -0.394 e. The number of aliphatic hydroxyl groups is 2. The summed E-state index contributed by atoms with van der Waals surface area (Å²) in [7, 11) is 2.66. The molecule has 1 aromatic rings. The summed E-state index contributed by atoms with van der Waals surface area (Å²) in [5.41, 5.74) is 0.502. The quantitative estimate of drug-likeness (QED) is 0.826. The first-order chi connectivity index (χ1) is 10.1. The third kappa shape index (κ3) is 3.01. The summed E-state index contributed by atoms with van der Waals surface area (Å²) in [4.78, 5) is 2.33. The van der Waals surface area contributed by atoms with Gasteiger partial charge in [-0.05, 0) is 24.9 Å². The summed E-state index contributed by atoms with van der Waals surface area (Å²) in [6, 6.07) is 10.3. The molecular weight excluding hydrogens is 283 g/mol. The standard InChI is InChI=1S/C16H25N2O2P/c19-10-14(13-6-2-1-3-7-13)18-9-5-4-8-15(18)16(20)11-17(21)12-16/h1-3,6-7,14-15,19-20H,4-5,8-12,21H2/t14-,15+/m1/s1. The number of piperidine rings is 1. The average Bonchev–Trinajstić information content (AvgIpc) is 2.48. The summed E-state index contributed by atoms with van der Waals surface area (Å²) in [6.45, 7) is 2.45. The van der Waals surface area contributed by atoms with E-state index in [1.54, 1.807) is 0 Å². The first-order valence-corrected chi connectivity index (χ1v) is 8.29. The van der Waals surface area contributed by atoms with Crippen molar-refractivity contribution in [3.05, 3.63) is 35.9 Å². The number of nitrogens with zero attached hydrogens (tertiary/aromatic N) is 2. The summed E-state index contributed by atoms with van der Waals surface area (Å²) >= 11 is 0. The van der Waals surface area contributed by atoms with Crippen LogP contribution >= 0.6 is 9.39 Å². The highest BCUT2D eigenvalue weighted by molar-refractivity contribution is 7.13. The van der Waals surface area contributed by atoms with Crippen molar-refractivity contribution in [2.75, 3.05) is 26.2 Å². The van der Waals surface area contributed by atoms with Gasteiger partial charge in [0.2, 0.25) is 0 Å². The van der Waals surface area contributed by atoms with Gasteiger partial charge in [-0.25, -0.2) is 0 Å². The van der Waals surface area contributed by atoms with E-state index in [-0.39, 0.29) is 18.7 Å². The Hall–Kier alpha value is -0.510. The number of hydrogen-bond donors (Lipinski definition) is 2. The first kappa shape index (κ1) is 15.4. The maximum atomic E-state index is 10.9. The normalized spacial score (nSPS) is 28.0. The molecule has 0 radical (unpaired) electrons. The van der Waals surface area contributed by atoms with Crippen molar-refractivity contribution >= 4 is 9.39 Å². The van der Waals surface area contributed by atoms with Crippen LogP contribution < -0.4 is 0 Å². The van der Waals surface area contributed by atoms with Gasteiger partial charge in [0.1, 0.15) is 5.60 Å². The van der Waals surface area contributed by atoms with Crippen molar-refractivity contribution in [1.29, 1.82) is 0 Å². The number of likely N-dealkylation sites (tertiary alicyclic amines) is 1. The van der Waals surface area contributed by atoms with Gasteiger partial charge in [0, 0.05) is 19.1 Å². The van der Waals surface area contributed by atoms with Gasteiger partial charge in [0.05, 0.1) is 12.6 Å². The van der Waals surface area contributed by atoms with E-state index in [0.717, 1.165) is 31.4 Å². The van der Waals surface area contributed by atoms with E-state index in [0.29, 0.717) is 13.1 Å². The summed E-state index contributed by atoms with van der Waals surface area (Å²) < 4.78 is 2.07. The van der Waals surface area contributed by atoms with Crippen LogP contribution in [0.5, 0.6) is 0 Å². The highest BCUT2D eigenvalue weighted by Crippen LogP contribution is 2.38. The molecule has 0 aromatic heterocycles. The Balaban J connectivity index is 1.83. The molecule has 3 atom stereocenters. The molecule has 5 heteroatoms. The van der Waals surface area contributed by atoms with E-state index in [1.165, 1.54) is 0 Å². The SMILES string of the molecule is OC[C@H](c1ccccc1)N1CCCC[C@H]1C1(O)CN(P)C1. The highest BCUT2D eigenvalue weighted by atomic mass is 31.0. The lowest BCUT2D eigenvalue weighted by Gasteiger charge is -2.55. The molecule has 0 bridgehead atoms. The van der Waals surface area contributed by atoms with E-state index >= 15 is 0 Å². The van der Waals surface area contributed by atoms with Crippen LogP contribution in [0, 0.1) is 0 Å². The molecule has 0 amide bonds. The summed E-state index contributed by atoms with van der Waals surface area (Å²) in [5, 5.41) is 20.8. The smallest absolute Gasteiger partial charge is 0.106 e. The first-order valence-electron chi connectivity index (χ1n) is 7.77. The van der Waals surface area contributed by atoms with Crippen LogP contribution in [0.25, 0.3) is 0 Å². The second-order valence-electron chi connectivity index (χ2n) is 6.37. The van der Waals surface area contributed by atoms with Gasteiger partial charge in [0.25, 0.3) is 0 Å². The van der Waals surface area contributed by atoms with E-state index in [9.17, 15) is 10.2 Å². The second-order valence-corrected chi connectivity index (χ2v) is 7.10. The van der Waals surface area contributed by atoms with Gasteiger partial charge in [-0.1, -0.05) is 46.1 Å². The van der Waals surface area contributed by atoms with Gasteiger partial charge in [-0.15, -0.1) is 0 Å². The lowest BCUT2D eigenvalue weighted by Crippen LogP contribution is -2.69. The molecule has 2 aliphatic heterocycles. The molecule has 0 spiro atoms. The van der Waals surface area contributed by atoms with Crippen LogP contribution in [0.15, 0.2) is 30.3 Å². The fourth-order valence-electron chi connectivity index (χ4n) is 3.85. The zero-order valence-electron chi connectivity index (χ0n) is 12.4. The van der Waals surface area contributed by atoms with Crippen LogP contribution in [-0.2, 0) is 0 Å². The van der Waals surface area contributed by atoms with Crippen molar-refractivity contribution in [3.8, 4) is 0 Å². The molecule has 21 heavy (non-hydrogen) atoms. The number of hydrogen-bond acceptors (Lipinski definition) is 4. The minimum absolute atomic E-state index is 0.0147. The fourth-order valence-corrected chi connectivity index (χ4v) is 4.48. The van der Waals surface area contributed by atoms with Gasteiger partial charge >= 0.3 is 0 Å². The number of β-amino-alcohol motifs (C(OH)–C–C–N with tert-alkyl or cyclic N) is 1. The molecule has 3 rings (SSSR count). The lowest BCUT2D eigenvalue weighted by atomic mass is 9.80. The third-order valence-corrected chi connectivity index (χ3v) is 5.24. The molecule has 116 valence electrons. The van der Waals surface area contributed by atoms with Crippen LogP contribution in [0.4, 0.5) is 0 Å². The van der Waals surface area contributed by atoms with E-state index in [1.807, 2.05) is 18.2 Å². The molecule has 2 aliphatic rings. The van der Waals surface area contributed by atoms with Crippen molar-refractivity contribution in [2.45, 2.75) is 36.9 Å². The van der Waals surface area contributed by atoms with Gasteiger partial charge in [0.15, 0.2) is 0 Å². The Bertz CT molecular complexity index is 465. The monoisotopic (exact) mass is 308 g/mol. The Morgan fingerprint density at radius 3 is 2.57 bits per heavy atom. The summed E-state index contributed by atoms with van der Waals surface area (Å²) in [5.74, 6) is 0. The van der Waals surface area contributed by atoms with Gasteiger partial charge in [-0.3, -0.25) is 9.57 Å². The molecule has 0 aliphatic carbocycles. The molecule has 0 saturated carbocycles. The van der Waals surface area contributed by atoms with Crippen molar-refractivity contribution in [1.82, 2.24) is 9.57 Å². The van der Waals surface area contributed by atoms with Crippen LogP contribution in [0.3, 0.4) is 0 Å². The van der Waals surface area contributed by atoms with Crippen molar-refractivity contribution in [2.24, 2.45) is 0 Å². The largest absolute Gasteiger partial charge is 0.394 e. The molecule has 1 aromatic carbocycles. The number of benzene rings is 1. The third-order valence-electron chi connectivity index (χ3n) is 4.88. The highest BCUT2D eigenvalue weighted by Gasteiger charge is 2.50. The van der Waals surface area contributed by atoms with E-state index in [4.69, 9.17) is 0 Å². The predicted molar refractivity (Wildman–Crippen MR) is 86.8 cm³/mol. The number of rotatable bonds is 4. The van der Waals surface area contributed by atoms with Gasteiger partial charge < -0.3 is 10.2 Å². The maximum Gasteiger partial charge on any atom is 0.106 e. The zero-order valence-corrected chi connectivity index (χ0v) is 13.5. The zero-order chi connectivity index (χ0) is 14.9. The Kier molecular flexibility index (Phi) is 4.63. The predicted octanol–water partition coefficient (Wildman–Crippen LogP) is 1.41. The molecule has 1 unspecified atom stereocenters. The van der Waals surface area contributed by atoms with Crippen LogP contribution in [-0.4, -0.2) is 57.7 Å². The maximum absolute atomic E-state index is 10.9. The molecule has 2 heterocycles. The van der Waals surface area contributed by atoms with Crippen molar-refractivity contribution < 1.29 is 10.2 Å². The Morgan fingerprint density at radius 1 is 1.24 bits per heavy atom. The average molecular weight is 308 g/mol. The molecular formula is C16H25N2O2P. The van der Waals surface area contributed by atoms with E-state index in [2.05, 4.69) is 31.1 Å². The Morgan fingerprint density at radius 2 is 1.95 bits per heavy atom. The number of aliphatic hydroxyl groups excluding tert-OH is 1. The van der Waals surface area contributed by atoms with E-state index < -0.39 is 5.60 Å². The Labute approximate surface area is 129 Å². The van der Waals surface area contributed by atoms with Gasteiger partial charge in [-0.2, -0.15) is 0 Å². The summed E-state index contributed by atoms with van der Waals surface area (Å²) in [6.07, 6.45) is 3.31. The second kappa shape index (κ2) is 6.31. The molecule has 4 nitrogen and oxygen atoms in total.